The normalized spacial score (nSPS) is 11.2. The molecule has 4 nitrogen and oxygen atoms in total. The number of rotatable bonds is 1. The van der Waals surface area contributed by atoms with Crippen molar-refractivity contribution in [2.75, 3.05) is 0 Å². The standard InChI is InChI=1S/C13H8BrF2N3O/c1-7-2-10(9(15)3-8(7)14)19-12-5-17-6-18(12)11(16)4-13(19)20/h2-6H,1H3. The lowest BCUT2D eigenvalue weighted by Crippen LogP contribution is -2.22. The van der Waals surface area contributed by atoms with Crippen LogP contribution in [0.15, 0.2) is 40.0 Å². The molecule has 0 aliphatic heterocycles. The second kappa shape index (κ2) is 4.52. The third-order valence-corrected chi connectivity index (χ3v) is 3.86. The highest BCUT2D eigenvalue weighted by molar-refractivity contribution is 9.10. The van der Waals surface area contributed by atoms with E-state index in [9.17, 15) is 13.6 Å². The summed E-state index contributed by atoms with van der Waals surface area (Å²) < 4.78 is 30.5. The van der Waals surface area contributed by atoms with Gasteiger partial charge in [-0.2, -0.15) is 4.39 Å². The van der Waals surface area contributed by atoms with E-state index in [-0.39, 0.29) is 11.3 Å². The minimum absolute atomic E-state index is 0.0567. The highest BCUT2D eigenvalue weighted by Gasteiger charge is 2.15. The average molecular weight is 340 g/mol. The Balaban J connectivity index is 2.44. The van der Waals surface area contributed by atoms with Crippen molar-refractivity contribution >= 4 is 21.6 Å². The Bertz CT molecular complexity index is 885. The van der Waals surface area contributed by atoms with E-state index in [1.807, 2.05) is 0 Å². The highest BCUT2D eigenvalue weighted by atomic mass is 79.9. The largest absolute Gasteiger partial charge is 0.269 e. The zero-order valence-electron chi connectivity index (χ0n) is 10.3. The van der Waals surface area contributed by atoms with Gasteiger partial charge in [0.15, 0.2) is 0 Å². The fraction of sp³-hybridized carbons (Fsp3) is 0.0769. The van der Waals surface area contributed by atoms with Crippen molar-refractivity contribution in [1.82, 2.24) is 14.0 Å². The van der Waals surface area contributed by atoms with Crippen molar-refractivity contribution in [3.8, 4) is 5.69 Å². The van der Waals surface area contributed by atoms with Crippen molar-refractivity contribution in [1.29, 1.82) is 0 Å². The molecule has 0 spiro atoms. The molecule has 2 heterocycles. The van der Waals surface area contributed by atoms with Crippen LogP contribution in [0.2, 0.25) is 0 Å². The van der Waals surface area contributed by atoms with Gasteiger partial charge in [0.1, 0.15) is 17.8 Å². The van der Waals surface area contributed by atoms with Crippen molar-refractivity contribution in [2.45, 2.75) is 6.92 Å². The topological polar surface area (TPSA) is 39.3 Å². The van der Waals surface area contributed by atoms with E-state index in [0.717, 1.165) is 20.6 Å². The number of halogens is 3. The number of hydrogen-bond donors (Lipinski definition) is 0. The Morgan fingerprint density at radius 3 is 2.75 bits per heavy atom. The Morgan fingerprint density at radius 2 is 2.00 bits per heavy atom. The third kappa shape index (κ3) is 1.85. The van der Waals surface area contributed by atoms with Crippen molar-refractivity contribution in [3.63, 3.8) is 0 Å². The molecule has 0 saturated heterocycles. The molecular weight excluding hydrogens is 332 g/mol. The second-order valence-corrected chi connectivity index (χ2v) is 5.17. The zero-order valence-corrected chi connectivity index (χ0v) is 11.9. The van der Waals surface area contributed by atoms with E-state index in [2.05, 4.69) is 20.9 Å². The second-order valence-electron chi connectivity index (χ2n) is 4.32. The number of aromatic nitrogens is 3. The lowest BCUT2D eigenvalue weighted by Gasteiger charge is -2.11. The van der Waals surface area contributed by atoms with Crippen molar-refractivity contribution < 1.29 is 8.78 Å². The van der Waals surface area contributed by atoms with Gasteiger partial charge in [0.2, 0.25) is 5.95 Å². The smallest absolute Gasteiger partial charge is 0.261 e. The highest BCUT2D eigenvalue weighted by Crippen LogP contribution is 2.23. The summed E-state index contributed by atoms with van der Waals surface area (Å²) in [7, 11) is 0. The van der Waals surface area contributed by atoms with Crippen LogP contribution in [0, 0.1) is 18.7 Å². The Labute approximate surface area is 120 Å². The molecule has 7 heteroatoms. The number of nitrogens with zero attached hydrogens (tertiary/aromatic N) is 3. The Morgan fingerprint density at radius 1 is 1.25 bits per heavy atom. The molecule has 0 fully saturated rings. The molecule has 2 aromatic heterocycles. The Kier molecular flexibility index (Phi) is 2.93. The van der Waals surface area contributed by atoms with E-state index in [1.165, 1.54) is 24.7 Å². The summed E-state index contributed by atoms with van der Waals surface area (Å²) in [6.07, 6.45) is 2.53. The van der Waals surface area contributed by atoms with E-state index in [1.54, 1.807) is 6.92 Å². The molecule has 0 bridgehead atoms. The summed E-state index contributed by atoms with van der Waals surface area (Å²) in [5.74, 6) is -1.33. The number of benzene rings is 1. The molecule has 0 N–H and O–H groups in total. The molecule has 3 aromatic rings. The summed E-state index contributed by atoms with van der Waals surface area (Å²) >= 11 is 3.22. The van der Waals surface area contributed by atoms with Gasteiger partial charge < -0.3 is 0 Å². The predicted octanol–water partition coefficient (Wildman–Crippen LogP) is 2.83. The quantitative estimate of drug-likeness (QED) is 0.639. The number of fused-ring (bicyclic) bond motifs is 1. The van der Waals surface area contributed by atoms with E-state index in [4.69, 9.17) is 0 Å². The molecular formula is C13H8BrF2N3O. The molecule has 0 radical (unpaired) electrons. The molecule has 20 heavy (non-hydrogen) atoms. The number of hydrogen-bond acceptors (Lipinski definition) is 2. The van der Waals surface area contributed by atoms with Crippen molar-refractivity contribution in [3.05, 3.63) is 62.9 Å². The first-order valence-corrected chi connectivity index (χ1v) is 6.48. The predicted molar refractivity (Wildman–Crippen MR) is 73.1 cm³/mol. The van der Waals surface area contributed by atoms with Crippen LogP contribution in [0.1, 0.15) is 5.56 Å². The van der Waals surface area contributed by atoms with Crippen LogP contribution in [0.5, 0.6) is 0 Å². The van der Waals surface area contributed by atoms with Crippen LogP contribution < -0.4 is 5.56 Å². The van der Waals surface area contributed by atoms with Gasteiger partial charge in [-0.25, -0.2) is 9.37 Å². The fourth-order valence-electron chi connectivity index (χ4n) is 2.02. The first-order valence-electron chi connectivity index (χ1n) is 5.68. The van der Waals surface area contributed by atoms with Gasteiger partial charge in [-0.3, -0.25) is 13.8 Å². The summed E-state index contributed by atoms with van der Waals surface area (Å²) in [5.41, 5.74) is 0.322. The van der Waals surface area contributed by atoms with Gasteiger partial charge in [0.25, 0.3) is 5.56 Å². The molecule has 1 aromatic carbocycles. The maximum atomic E-state index is 14.1. The van der Waals surface area contributed by atoms with Gasteiger partial charge in [-0.1, -0.05) is 15.9 Å². The number of imidazole rings is 1. The van der Waals surface area contributed by atoms with Crippen LogP contribution in [0.25, 0.3) is 11.3 Å². The van der Waals surface area contributed by atoms with Gasteiger partial charge >= 0.3 is 0 Å². The first kappa shape index (κ1) is 13.0. The summed E-state index contributed by atoms with van der Waals surface area (Å²) in [6.45, 7) is 1.77. The summed E-state index contributed by atoms with van der Waals surface area (Å²) in [5, 5.41) is 0. The van der Waals surface area contributed by atoms with E-state index < -0.39 is 17.3 Å². The molecule has 0 unspecified atom stereocenters. The maximum Gasteiger partial charge on any atom is 0.261 e. The minimum Gasteiger partial charge on any atom is -0.269 e. The monoisotopic (exact) mass is 339 g/mol. The fourth-order valence-corrected chi connectivity index (χ4v) is 2.34. The third-order valence-electron chi connectivity index (χ3n) is 3.01. The summed E-state index contributed by atoms with van der Waals surface area (Å²) in [4.78, 5) is 15.8. The molecule has 0 aliphatic carbocycles. The lowest BCUT2D eigenvalue weighted by atomic mass is 10.2. The minimum atomic E-state index is -0.743. The number of aryl methyl sites for hydroxylation is 1. The van der Waals surface area contributed by atoms with Crippen LogP contribution in [-0.2, 0) is 0 Å². The van der Waals surface area contributed by atoms with Gasteiger partial charge in [-0.15, -0.1) is 0 Å². The SMILES string of the molecule is Cc1cc(-n2c(=O)cc(F)n3cncc23)c(F)cc1Br. The van der Waals surface area contributed by atoms with E-state index >= 15 is 0 Å². The Hall–Kier alpha value is -2.02. The lowest BCUT2D eigenvalue weighted by molar-refractivity contribution is 0.555. The maximum absolute atomic E-state index is 14.1. The first-order chi connectivity index (χ1) is 9.49. The van der Waals surface area contributed by atoms with Crippen LogP contribution in [0.3, 0.4) is 0 Å². The average Bonchev–Trinajstić information content (AvgIpc) is 2.84. The summed E-state index contributed by atoms with van der Waals surface area (Å²) in [6, 6.07) is 3.59. The van der Waals surface area contributed by atoms with Crippen LogP contribution >= 0.6 is 15.9 Å². The van der Waals surface area contributed by atoms with Gasteiger partial charge in [0.05, 0.1) is 18.0 Å². The van der Waals surface area contributed by atoms with Crippen LogP contribution in [-0.4, -0.2) is 14.0 Å². The van der Waals surface area contributed by atoms with E-state index in [0.29, 0.717) is 4.47 Å². The molecule has 102 valence electrons. The molecule has 0 amide bonds. The van der Waals surface area contributed by atoms with Crippen LogP contribution in [0.4, 0.5) is 8.78 Å². The molecule has 0 saturated carbocycles. The zero-order chi connectivity index (χ0) is 14.4. The van der Waals surface area contributed by atoms with Crippen molar-refractivity contribution in [2.24, 2.45) is 0 Å². The molecule has 3 rings (SSSR count). The van der Waals surface area contributed by atoms with Gasteiger partial charge in [0, 0.05) is 4.47 Å². The van der Waals surface area contributed by atoms with Gasteiger partial charge in [-0.05, 0) is 24.6 Å². The molecule has 0 atom stereocenters. The molecule has 0 aliphatic rings.